The summed E-state index contributed by atoms with van der Waals surface area (Å²) >= 11 is 0. The van der Waals surface area contributed by atoms with E-state index < -0.39 is 0 Å². The van der Waals surface area contributed by atoms with Gasteiger partial charge >= 0.3 is 0 Å². The molecule has 0 bridgehead atoms. The van der Waals surface area contributed by atoms with E-state index in [0.29, 0.717) is 17.9 Å². The summed E-state index contributed by atoms with van der Waals surface area (Å²) in [4.78, 5) is 15.0. The number of methoxy groups -OCH3 is 1. The second-order valence-corrected chi connectivity index (χ2v) is 7.17. The molecule has 1 aromatic rings. The van der Waals surface area contributed by atoms with E-state index >= 15 is 0 Å². The van der Waals surface area contributed by atoms with Gasteiger partial charge in [-0.2, -0.15) is 0 Å². The van der Waals surface area contributed by atoms with Crippen molar-refractivity contribution in [1.82, 2.24) is 4.90 Å². The first kappa shape index (κ1) is 16.3. The number of ether oxygens (including phenoxy) is 1. The van der Waals surface area contributed by atoms with Crippen molar-refractivity contribution < 1.29 is 9.53 Å². The van der Waals surface area contributed by atoms with Crippen molar-refractivity contribution in [2.45, 2.75) is 57.0 Å². The van der Waals surface area contributed by atoms with Crippen molar-refractivity contribution in [3.63, 3.8) is 0 Å². The second-order valence-electron chi connectivity index (χ2n) is 7.17. The van der Waals surface area contributed by atoms with Gasteiger partial charge in [-0.15, -0.1) is 0 Å². The summed E-state index contributed by atoms with van der Waals surface area (Å²) < 4.78 is 5.23. The van der Waals surface area contributed by atoms with E-state index in [2.05, 4.69) is 24.0 Å². The fraction of sp³-hybridized carbons (Fsp3) is 0.632. The Labute approximate surface area is 139 Å². The lowest BCUT2D eigenvalue weighted by atomic mass is 9.85. The molecular weight excluding hydrogens is 288 g/mol. The molecule has 126 valence electrons. The highest BCUT2D eigenvalue weighted by atomic mass is 16.5. The fourth-order valence-corrected chi connectivity index (χ4v) is 4.14. The molecule has 1 aromatic carbocycles. The van der Waals surface area contributed by atoms with Crippen LogP contribution in [-0.4, -0.2) is 36.5 Å². The molecule has 3 rings (SSSR count). The van der Waals surface area contributed by atoms with Gasteiger partial charge in [0.1, 0.15) is 5.75 Å². The van der Waals surface area contributed by atoms with Gasteiger partial charge in [-0.3, -0.25) is 4.79 Å². The molecule has 0 aromatic heterocycles. The number of hydrogen-bond donors (Lipinski definition) is 1. The highest BCUT2D eigenvalue weighted by molar-refractivity contribution is 5.79. The van der Waals surface area contributed by atoms with Gasteiger partial charge < -0.3 is 15.4 Å². The minimum atomic E-state index is 0.135. The third kappa shape index (κ3) is 3.52. The van der Waals surface area contributed by atoms with Gasteiger partial charge in [-0.05, 0) is 50.3 Å². The zero-order valence-electron chi connectivity index (χ0n) is 14.2. The number of carbonyl (C=O) groups is 1. The number of hydrogen-bond acceptors (Lipinski definition) is 3. The van der Waals surface area contributed by atoms with Gasteiger partial charge in [0.2, 0.25) is 5.91 Å². The predicted molar refractivity (Wildman–Crippen MR) is 91.5 cm³/mol. The monoisotopic (exact) mass is 316 g/mol. The zero-order chi connectivity index (χ0) is 16.4. The molecule has 0 radical (unpaired) electrons. The van der Waals surface area contributed by atoms with E-state index in [1.165, 1.54) is 5.56 Å². The molecule has 0 unspecified atom stereocenters. The van der Waals surface area contributed by atoms with Crippen molar-refractivity contribution in [2.75, 3.05) is 13.7 Å². The van der Waals surface area contributed by atoms with Crippen LogP contribution in [0, 0.1) is 5.92 Å². The summed E-state index contributed by atoms with van der Waals surface area (Å²) in [6.07, 6.45) is 5.05. The molecule has 4 nitrogen and oxygen atoms in total. The lowest BCUT2D eigenvalue weighted by Crippen LogP contribution is -2.42. The molecule has 2 fully saturated rings. The Bertz CT molecular complexity index is 543. The van der Waals surface area contributed by atoms with Crippen LogP contribution < -0.4 is 10.5 Å². The molecule has 1 aliphatic carbocycles. The van der Waals surface area contributed by atoms with Gasteiger partial charge in [0.25, 0.3) is 0 Å². The summed E-state index contributed by atoms with van der Waals surface area (Å²) in [5.74, 6) is 1.76. The van der Waals surface area contributed by atoms with E-state index in [0.717, 1.165) is 44.4 Å². The predicted octanol–water partition coefficient (Wildman–Crippen LogP) is 2.92. The Hall–Kier alpha value is -1.55. The van der Waals surface area contributed by atoms with E-state index in [4.69, 9.17) is 10.5 Å². The first-order valence-electron chi connectivity index (χ1n) is 8.78. The average molecular weight is 316 g/mol. The van der Waals surface area contributed by atoms with Crippen LogP contribution in [-0.2, 0) is 4.79 Å². The van der Waals surface area contributed by atoms with Crippen molar-refractivity contribution >= 4 is 5.91 Å². The maximum absolute atomic E-state index is 12.9. The molecule has 1 aliphatic heterocycles. The number of nitrogens with zero attached hydrogens (tertiary/aromatic N) is 1. The number of likely N-dealkylation sites (tertiary alicyclic amines) is 1. The highest BCUT2D eigenvalue weighted by Crippen LogP contribution is 2.35. The minimum Gasteiger partial charge on any atom is -0.497 e. The second kappa shape index (κ2) is 6.91. The molecular formula is C19H28N2O2. The third-order valence-electron chi connectivity index (χ3n) is 5.51. The minimum absolute atomic E-state index is 0.135. The van der Waals surface area contributed by atoms with Gasteiger partial charge in [0.05, 0.1) is 7.11 Å². The maximum Gasteiger partial charge on any atom is 0.225 e. The van der Waals surface area contributed by atoms with E-state index in [1.807, 2.05) is 12.1 Å². The number of amides is 1. The first-order chi connectivity index (χ1) is 11.1. The summed E-state index contributed by atoms with van der Waals surface area (Å²) in [7, 11) is 1.68. The molecule has 4 heteroatoms. The average Bonchev–Trinajstić information content (AvgIpc) is 2.96. The number of carbonyl (C=O) groups excluding carboxylic acids is 1. The summed E-state index contributed by atoms with van der Waals surface area (Å²) in [6, 6.07) is 8.78. The standard InChI is InChI=1S/C19H28N2O2/c1-13-10-16(14-6-8-18(23-2)9-7-14)12-21(13)19(22)15-4-3-5-17(20)11-15/h6-9,13,15-17H,3-5,10-12,20H2,1-2H3/t13-,15-,16+,17-/m0/s1. The Morgan fingerprint density at radius 3 is 2.61 bits per heavy atom. The number of benzene rings is 1. The van der Waals surface area contributed by atoms with Gasteiger partial charge in [0.15, 0.2) is 0 Å². The number of rotatable bonds is 3. The molecule has 1 saturated carbocycles. The van der Waals surface area contributed by atoms with Crippen LogP contribution in [0.3, 0.4) is 0 Å². The van der Waals surface area contributed by atoms with Crippen LogP contribution in [0.15, 0.2) is 24.3 Å². The molecule has 1 amide bonds. The van der Waals surface area contributed by atoms with Crippen LogP contribution in [0.2, 0.25) is 0 Å². The van der Waals surface area contributed by atoms with Crippen LogP contribution in [0.5, 0.6) is 5.75 Å². The SMILES string of the molecule is COc1ccc([C@@H]2C[C@H](C)N(C(=O)[C@H]3CCC[C@H](N)C3)C2)cc1. The highest BCUT2D eigenvalue weighted by Gasteiger charge is 2.37. The molecule has 4 atom stereocenters. The van der Waals surface area contributed by atoms with Crippen LogP contribution >= 0.6 is 0 Å². The Morgan fingerprint density at radius 1 is 1.22 bits per heavy atom. The van der Waals surface area contributed by atoms with Crippen molar-refractivity contribution in [2.24, 2.45) is 11.7 Å². The molecule has 1 saturated heterocycles. The van der Waals surface area contributed by atoms with Crippen LogP contribution in [0.1, 0.15) is 50.5 Å². The maximum atomic E-state index is 12.9. The summed E-state index contributed by atoms with van der Waals surface area (Å²) in [5, 5.41) is 0. The normalized spacial score (nSPS) is 31.2. The number of nitrogens with two attached hydrogens (primary N) is 1. The van der Waals surface area contributed by atoms with Gasteiger partial charge in [0, 0.05) is 30.5 Å². The Kier molecular flexibility index (Phi) is 4.90. The van der Waals surface area contributed by atoms with Crippen molar-refractivity contribution in [3.8, 4) is 5.75 Å². The fourth-order valence-electron chi connectivity index (χ4n) is 4.14. The largest absolute Gasteiger partial charge is 0.497 e. The molecule has 2 N–H and O–H groups in total. The summed E-state index contributed by atoms with van der Waals surface area (Å²) in [6.45, 7) is 3.00. The van der Waals surface area contributed by atoms with Crippen molar-refractivity contribution in [3.05, 3.63) is 29.8 Å². The topological polar surface area (TPSA) is 55.6 Å². The molecule has 0 spiro atoms. The lowest BCUT2D eigenvalue weighted by Gasteiger charge is -2.31. The molecule has 1 heterocycles. The smallest absolute Gasteiger partial charge is 0.225 e. The van der Waals surface area contributed by atoms with E-state index in [-0.39, 0.29) is 12.0 Å². The molecule has 2 aliphatic rings. The van der Waals surface area contributed by atoms with Crippen molar-refractivity contribution in [1.29, 1.82) is 0 Å². The zero-order valence-corrected chi connectivity index (χ0v) is 14.2. The first-order valence-corrected chi connectivity index (χ1v) is 8.78. The Morgan fingerprint density at radius 2 is 1.96 bits per heavy atom. The third-order valence-corrected chi connectivity index (χ3v) is 5.51. The Balaban J connectivity index is 1.66. The van der Waals surface area contributed by atoms with Crippen LogP contribution in [0.25, 0.3) is 0 Å². The van der Waals surface area contributed by atoms with E-state index in [9.17, 15) is 4.79 Å². The van der Waals surface area contributed by atoms with Crippen LogP contribution in [0.4, 0.5) is 0 Å². The lowest BCUT2D eigenvalue weighted by molar-refractivity contribution is -0.137. The van der Waals surface area contributed by atoms with Gasteiger partial charge in [-0.1, -0.05) is 18.6 Å². The quantitative estimate of drug-likeness (QED) is 0.933. The summed E-state index contributed by atoms with van der Waals surface area (Å²) in [5.41, 5.74) is 7.36. The molecule has 23 heavy (non-hydrogen) atoms. The van der Waals surface area contributed by atoms with E-state index in [1.54, 1.807) is 7.11 Å². The van der Waals surface area contributed by atoms with Gasteiger partial charge in [-0.25, -0.2) is 0 Å².